The summed E-state index contributed by atoms with van der Waals surface area (Å²) < 4.78 is 31.1. The monoisotopic (exact) mass is 264 g/mol. The highest BCUT2D eigenvalue weighted by atomic mass is 19.1. The number of aliphatic hydroxyl groups is 2. The number of ether oxygens (including phenoxy) is 1. The Morgan fingerprint density at radius 2 is 2.22 bits per heavy atom. The largest absolute Gasteiger partial charge is 0.384 e. The third kappa shape index (κ3) is 1.76. The van der Waals surface area contributed by atoms with E-state index in [2.05, 4.69) is 4.74 Å². The highest BCUT2D eigenvalue weighted by molar-refractivity contribution is 5.00. The van der Waals surface area contributed by atoms with Crippen molar-refractivity contribution in [2.75, 3.05) is 6.67 Å². The van der Waals surface area contributed by atoms with Gasteiger partial charge in [0.25, 0.3) is 5.56 Å². The standard InChI is InChI=1S/C9H10F2N2O5/c10-3-9(17)5(15)6(11)18-7(9)13-2-1-4(14)12-8(13)16/h1-2,5-7,15,17H,3H2,(H,12,14,16). The number of hydrogen-bond acceptors (Lipinski definition) is 5. The van der Waals surface area contributed by atoms with Crippen molar-refractivity contribution >= 4 is 0 Å². The Labute approximate surface area is 98.3 Å². The van der Waals surface area contributed by atoms with Crippen LogP contribution in [-0.4, -0.2) is 44.5 Å². The van der Waals surface area contributed by atoms with Gasteiger partial charge in [0, 0.05) is 12.3 Å². The van der Waals surface area contributed by atoms with Crippen LogP contribution in [0.25, 0.3) is 0 Å². The topological polar surface area (TPSA) is 105 Å². The first-order valence-electron chi connectivity index (χ1n) is 4.97. The van der Waals surface area contributed by atoms with Gasteiger partial charge in [0.1, 0.15) is 12.8 Å². The van der Waals surface area contributed by atoms with Crippen LogP contribution in [-0.2, 0) is 4.74 Å². The number of halogens is 2. The summed E-state index contributed by atoms with van der Waals surface area (Å²) >= 11 is 0. The average Bonchev–Trinajstić information content (AvgIpc) is 2.55. The van der Waals surface area contributed by atoms with Gasteiger partial charge in [-0.2, -0.15) is 0 Å². The van der Waals surface area contributed by atoms with Crippen LogP contribution in [0.3, 0.4) is 0 Å². The van der Waals surface area contributed by atoms with E-state index in [0.717, 1.165) is 12.3 Å². The van der Waals surface area contributed by atoms with Crippen molar-refractivity contribution in [3.8, 4) is 0 Å². The minimum absolute atomic E-state index is 0.601. The van der Waals surface area contributed by atoms with Crippen LogP contribution in [0.5, 0.6) is 0 Å². The van der Waals surface area contributed by atoms with Crippen LogP contribution in [0.1, 0.15) is 6.23 Å². The maximum atomic E-state index is 13.2. The summed E-state index contributed by atoms with van der Waals surface area (Å²) in [6, 6.07) is 0.918. The third-order valence-corrected chi connectivity index (χ3v) is 2.76. The number of aromatic amines is 1. The molecule has 3 N–H and O–H groups in total. The maximum Gasteiger partial charge on any atom is 0.330 e. The number of aliphatic hydroxyl groups excluding tert-OH is 1. The normalized spacial score (nSPS) is 35.9. The van der Waals surface area contributed by atoms with Crippen molar-refractivity contribution in [2.45, 2.75) is 24.3 Å². The number of nitrogens with one attached hydrogen (secondary N) is 1. The molecule has 1 fully saturated rings. The van der Waals surface area contributed by atoms with Crippen LogP contribution >= 0.6 is 0 Å². The van der Waals surface area contributed by atoms with Crippen LogP contribution in [0.2, 0.25) is 0 Å². The molecule has 0 aliphatic carbocycles. The van der Waals surface area contributed by atoms with Crippen molar-refractivity contribution < 1.29 is 23.7 Å². The molecule has 2 rings (SSSR count). The molecule has 1 aromatic rings. The van der Waals surface area contributed by atoms with E-state index in [9.17, 15) is 28.6 Å². The van der Waals surface area contributed by atoms with Gasteiger partial charge in [-0.3, -0.25) is 14.3 Å². The molecule has 2 heterocycles. The van der Waals surface area contributed by atoms with Gasteiger partial charge >= 0.3 is 5.69 Å². The van der Waals surface area contributed by atoms with Gasteiger partial charge in [0.05, 0.1) is 0 Å². The first kappa shape index (κ1) is 12.9. The van der Waals surface area contributed by atoms with E-state index >= 15 is 0 Å². The van der Waals surface area contributed by atoms with E-state index in [-0.39, 0.29) is 0 Å². The fourth-order valence-corrected chi connectivity index (χ4v) is 1.75. The lowest BCUT2D eigenvalue weighted by molar-refractivity contribution is -0.124. The molecule has 0 bridgehead atoms. The Balaban J connectivity index is 2.50. The Morgan fingerprint density at radius 3 is 2.78 bits per heavy atom. The molecule has 18 heavy (non-hydrogen) atoms. The Kier molecular flexibility index (Phi) is 3.05. The fourth-order valence-electron chi connectivity index (χ4n) is 1.75. The Bertz CT molecular complexity index is 558. The zero-order chi connectivity index (χ0) is 13.5. The van der Waals surface area contributed by atoms with Crippen molar-refractivity contribution in [3.05, 3.63) is 33.1 Å². The van der Waals surface area contributed by atoms with Gasteiger partial charge < -0.3 is 14.9 Å². The lowest BCUT2D eigenvalue weighted by atomic mass is 9.99. The van der Waals surface area contributed by atoms with Gasteiger partial charge in [0.2, 0.25) is 6.36 Å². The molecule has 0 saturated carbocycles. The predicted octanol–water partition coefficient (Wildman–Crippen LogP) is -1.58. The van der Waals surface area contributed by atoms with Crippen molar-refractivity contribution in [3.63, 3.8) is 0 Å². The van der Waals surface area contributed by atoms with Gasteiger partial charge in [-0.15, -0.1) is 0 Å². The number of aromatic nitrogens is 2. The van der Waals surface area contributed by atoms with E-state index in [0.29, 0.717) is 4.57 Å². The summed E-state index contributed by atoms with van der Waals surface area (Å²) in [5, 5.41) is 19.1. The second-order valence-electron chi connectivity index (χ2n) is 3.93. The zero-order valence-electron chi connectivity index (χ0n) is 8.92. The van der Waals surface area contributed by atoms with Crippen LogP contribution < -0.4 is 11.2 Å². The quantitative estimate of drug-likeness (QED) is 0.598. The highest BCUT2D eigenvalue weighted by Gasteiger charge is 2.57. The minimum atomic E-state index is -2.60. The number of hydrogen-bond donors (Lipinski definition) is 3. The van der Waals surface area contributed by atoms with Crippen LogP contribution in [0, 0.1) is 0 Å². The number of nitrogens with zero attached hydrogens (tertiary/aromatic N) is 1. The summed E-state index contributed by atoms with van der Waals surface area (Å²) in [7, 11) is 0. The molecule has 4 unspecified atom stereocenters. The zero-order valence-corrected chi connectivity index (χ0v) is 8.92. The summed E-state index contributed by atoms with van der Waals surface area (Å²) in [6.45, 7) is -1.52. The average molecular weight is 264 g/mol. The van der Waals surface area contributed by atoms with Crippen molar-refractivity contribution in [1.29, 1.82) is 0 Å². The SMILES string of the molecule is O=c1ccn(C2OC(F)C(O)C2(O)CF)c(=O)[nH]1. The summed E-state index contributed by atoms with van der Waals surface area (Å²) in [6.07, 6.45) is -5.32. The fraction of sp³-hybridized carbons (Fsp3) is 0.556. The molecule has 0 aromatic carbocycles. The first-order chi connectivity index (χ1) is 8.40. The first-order valence-corrected chi connectivity index (χ1v) is 4.97. The van der Waals surface area contributed by atoms with E-state index in [1.54, 1.807) is 0 Å². The molecular formula is C9H10F2N2O5. The van der Waals surface area contributed by atoms with Gasteiger partial charge in [-0.05, 0) is 0 Å². The molecule has 4 atom stereocenters. The highest BCUT2D eigenvalue weighted by Crippen LogP contribution is 2.38. The molecular weight excluding hydrogens is 254 g/mol. The van der Waals surface area contributed by atoms with E-state index in [4.69, 9.17) is 0 Å². The number of rotatable bonds is 2. The van der Waals surface area contributed by atoms with Crippen LogP contribution in [0.15, 0.2) is 21.9 Å². The summed E-state index contributed by atoms with van der Waals surface area (Å²) in [5.74, 6) is 0. The molecule has 1 aromatic heterocycles. The van der Waals surface area contributed by atoms with E-state index in [1.165, 1.54) is 0 Å². The maximum absolute atomic E-state index is 13.2. The van der Waals surface area contributed by atoms with Gasteiger partial charge in [-0.25, -0.2) is 13.6 Å². The molecule has 1 aliphatic rings. The molecule has 9 heteroatoms. The molecule has 0 radical (unpaired) electrons. The number of alkyl halides is 2. The Hall–Kier alpha value is -1.58. The summed E-state index contributed by atoms with van der Waals surface area (Å²) in [5.41, 5.74) is -4.32. The molecule has 0 amide bonds. The Morgan fingerprint density at radius 1 is 1.56 bits per heavy atom. The lowest BCUT2D eigenvalue weighted by Gasteiger charge is -2.27. The summed E-state index contributed by atoms with van der Waals surface area (Å²) in [4.78, 5) is 24.1. The van der Waals surface area contributed by atoms with Crippen LogP contribution in [0.4, 0.5) is 8.78 Å². The molecule has 0 spiro atoms. The third-order valence-electron chi connectivity index (χ3n) is 2.76. The van der Waals surface area contributed by atoms with Gasteiger partial charge in [0.15, 0.2) is 11.8 Å². The van der Waals surface area contributed by atoms with E-state index in [1.807, 2.05) is 4.98 Å². The molecule has 100 valence electrons. The molecule has 1 aliphatic heterocycles. The minimum Gasteiger partial charge on any atom is -0.384 e. The predicted molar refractivity (Wildman–Crippen MR) is 53.3 cm³/mol. The molecule has 7 nitrogen and oxygen atoms in total. The van der Waals surface area contributed by atoms with E-state index < -0.39 is 42.2 Å². The lowest BCUT2D eigenvalue weighted by Crippen LogP contribution is -2.50. The second kappa shape index (κ2) is 4.26. The van der Waals surface area contributed by atoms with Gasteiger partial charge in [-0.1, -0.05) is 0 Å². The molecule has 1 saturated heterocycles. The second-order valence-corrected chi connectivity index (χ2v) is 3.93. The van der Waals surface area contributed by atoms with Crippen molar-refractivity contribution in [2.24, 2.45) is 0 Å². The van der Waals surface area contributed by atoms with Crippen molar-refractivity contribution in [1.82, 2.24) is 9.55 Å². The number of H-pyrrole nitrogens is 1. The smallest absolute Gasteiger partial charge is 0.330 e.